The summed E-state index contributed by atoms with van der Waals surface area (Å²) in [5.74, 6) is 1.86. The molecule has 0 N–H and O–H groups in total. The molecule has 2 nitrogen and oxygen atoms in total. The molecule has 0 amide bonds. The van der Waals surface area contributed by atoms with Gasteiger partial charge in [-0.3, -0.25) is 0 Å². The van der Waals surface area contributed by atoms with Crippen molar-refractivity contribution in [3.63, 3.8) is 0 Å². The molecule has 11 rings (SSSR count). The highest BCUT2D eigenvalue weighted by Crippen LogP contribution is 2.44. The third-order valence-electron chi connectivity index (χ3n) is 13.5. The number of hydrogen-bond acceptors (Lipinski definition) is 1. The molecule has 0 unspecified atom stereocenters. The van der Waals surface area contributed by atoms with E-state index >= 15 is 0 Å². The zero-order valence-corrected chi connectivity index (χ0v) is 36.7. The molecular weight excluding hydrogens is 737 g/mol. The molecule has 1 aromatic heterocycles. The lowest BCUT2D eigenvalue weighted by atomic mass is 9.34. The van der Waals surface area contributed by atoms with Crippen LogP contribution in [-0.4, -0.2) is 11.3 Å². The van der Waals surface area contributed by atoms with Gasteiger partial charge in [-0.1, -0.05) is 135 Å². The lowest BCUT2D eigenvalue weighted by molar-refractivity contribution is 0.486. The first-order valence-electron chi connectivity index (χ1n) is 21.8. The second-order valence-corrected chi connectivity index (χ2v) is 18.9. The molecule has 2 aliphatic rings. The Bertz CT molecular complexity index is 3280. The van der Waals surface area contributed by atoms with Gasteiger partial charge in [-0.2, -0.15) is 0 Å². The molecule has 296 valence electrons. The van der Waals surface area contributed by atoms with Crippen LogP contribution in [0.3, 0.4) is 0 Å². The molecule has 3 heteroatoms. The van der Waals surface area contributed by atoms with Crippen LogP contribution in [0.2, 0.25) is 0 Å². The van der Waals surface area contributed by atoms with Gasteiger partial charge in [0.25, 0.3) is 6.71 Å². The molecule has 0 fully saturated rings. The van der Waals surface area contributed by atoms with E-state index in [1.807, 2.05) is 0 Å². The first-order chi connectivity index (χ1) is 29.3. The maximum absolute atomic E-state index is 7.17. The number of hydrogen-bond donors (Lipinski definition) is 0. The Morgan fingerprint density at radius 3 is 1.74 bits per heavy atom. The van der Waals surface area contributed by atoms with Gasteiger partial charge in [0, 0.05) is 22.0 Å². The Morgan fingerprint density at radius 1 is 0.475 bits per heavy atom. The Kier molecular flexibility index (Phi) is 8.26. The van der Waals surface area contributed by atoms with Crippen molar-refractivity contribution in [3.05, 3.63) is 178 Å². The highest BCUT2D eigenvalue weighted by molar-refractivity contribution is 6.99. The summed E-state index contributed by atoms with van der Waals surface area (Å²) in [5.41, 5.74) is 26.5. The van der Waals surface area contributed by atoms with Gasteiger partial charge in [-0.25, -0.2) is 0 Å². The maximum Gasteiger partial charge on any atom is 0.256 e. The number of ether oxygens (including phenoxy) is 1. The first-order valence-corrected chi connectivity index (χ1v) is 21.8. The third-order valence-corrected chi connectivity index (χ3v) is 13.5. The van der Waals surface area contributed by atoms with Crippen molar-refractivity contribution >= 4 is 44.9 Å². The lowest BCUT2D eigenvalue weighted by Crippen LogP contribution is -2.58. The molecule has 0 atom stereocenters. The van der Waals surface area contributed by atoms with E-state index in [1.165, 1.54) is 122 Å². The van der Waals surface area contributed by atoms with Gasteiger partial charge in [0.2, 0.25) is 0 Å². The minimum absolute atomic E-state index is 0.0252. The minimum atomic E-state index is -0.0270. The Labute approximate surface area is 360 Å². The predicted octanol–water partition coefficient (Wildman–Crippen LogP) is 13.5. The van der Waals surface area contributed by atoms with E-state index in [0.717, 1.165) is 17.1 Å². The Morgan fingerprint density at radius 2 is 1.08 bits per heavy atom. The zero-order valence-electron chi connectivity index (χ0n) is 36.7. The van der Waals surface area contributed by atoms with E-state index in [1.54, 1.807) is 0 Å². The van der Waals surface area contributed by atoms with Gasteiger partial charge < -0.3 is 9.30 Å². The smallest absolute Gasteiger partial charge is 0.256 e. The van der Waals surface area contributed by atoms with Crippen molar-refractivity contribution < 1.29 is 4.74 Å². The highest BCUT2D eigenvalue weighted by Gasteiger charge is 2.42. The van der Waals surface area contributed by atoms with Crippen molar-refractivity contribution in [2.24, 2.45) is 0 Å². The summed E-state index contributed by atoms with van der Waals surface area (Å²) >= 11 is 0. The Balaban J connectivity index is 1.29. The monoisotopic (exact) mass is 787 g/mol. The molecule has 2 aliphatic heterocycles. The van der Waals surface area contributed by atoms with Crippen LogP contribution in [0.25, 0.3) is 72.0 Å². The fraction of sp³-hybridized carbons (Fsp3) is 0.172. The highest BCUT2D eigenvalue weighted by atomic mass is 16.5. The van der Waals surface area contributed by atoms with E-state index in [9.17, 15) is 0 Å². The second kappa shape index (κ2) is 13.5. The molecule has 3 heterocycles. The third kappa shape index (κ3) is 5.77. The Hall–Kier alpha value is -6.58. The summed E-state index contributed by atoms with van der Waals surface area (Å²) in [6.07, 6.45) is 0. The van der Waals surface area contributed by atoms with Crippen LogP contribution < -0.4 is 21.1 Å². The average molecular weight is 788 g/mol. The van der Waals surface area contributed by atoms with Crippen molar-refractivity contribution in [3.8, 4) is 61.7 Å². The van der Waals surface area contributed by atoms with Crippen molar-refractivity contribution in [1.82, 2.24) is 4.57 Å². The quantitative estimate of drug-likeness (QED) is 0.162. The van der Waals surface area contributed by atoms with Crippen LogP contribution in [0.4, 0.5) is 0 Å². The van der Waals surface area contributed by atoms with Crippen LogP contribution in [0, 0.1) is 41.5 Å². The van der Waals surface area contributed by atoms with Gasteiger partial charge in [0.05, 0.1) is 5.52 Å². The predicted molar refractivity (Wildman–Crippen MR) is 261 cm³/mol. The number of aryl methyl sites for hydroxylation is 6. The van der Waals surface area contributed by atoms with E-state index in [4.69, 9.17) is 4.74 Å². The van der Waals surface area contributed by atoms with Gasteiger partial charge in [-0.15, -0.1) is 0 Å². The summed E-state index contributed by atoms with van der Waals surface area (Å²) in [7, 11) is 0. The van der Waals surface area contributed by atoms with Crippen molar-refractivity contribution in [1.29, 1.82) is 0 Å². The van der Waals surface area contributed by atoms with Crippen molar-refractivity contribution in [2.75, 3.05) is 0 Å². The largest absolute Gasteiger partial charge is 0.458 e. The number of fused-ring (bicyclic) bond motifs is 7. The number of aromatic nitrogens is 1. The van der Waals surface area contributed by atoms with E-state index in [2.05, 4.69) is 206 Å². The van der Waals surface area contributed by atoms with Gasteiger partial charge in [-0.05, 0) is 172 Å². The lowest BCUT2D eigenvalue weighted by Gasteiger charge is -2.35. The van der Waals surface area contributed by atoms with E-state index in [0.29, 0.717) is 0 Å². The zero-order chi connectivity index (χ0) is 42.1. The van der Waals surface area contributed by atoms with Gasteiger partial charge >= 0.3 is 0 Å². The summed E-state index contributed by atoms with van der Waals surface area (Å²) < 4.78 is 9.74. The molecule has 8 aromatic carbocycles. The molecule has 0 bridgehead atoms. The first kappa shape index (κ1) is 37.4. The SMILES string of the molecule is Cc1cc(C)c(-c2ccc3c(c2)c2cc(-c4c(C)cc(C)cc4C)cc4c2n3-c2cc(-c3ccccc3-c3ccccc3)cc3c2B4c2cc(C(C)(C)C)ccc2O3)c(C)c1. The van der Waals surface area contributed by atoms with Crippen LogP contribution in [0.15, 0.2) is 140 Å². The standard InChI is InChI=1S/C58H50BNO/c1-33-23-35(3)54(36(4)24-33)40-19-21-50-46(27-40)47-28-42(55-37(5)25-34(2)26-38(55)6)29-49-57(47)60(50)51-30-41(45-18-14-13-17-44(45)39-15-11-10-12-16-39)31-53-56(51)59(49)48-32-43(58(7,8)9)20-22-52(48)61-53/h10-32H,1-9H3. The maximum atomic E-state index is 7.17. The van der Waals surface area contributed by atoms with Crippen LogP contribution in [0.1, 0.15) is 59.7 Å². The fourth-order valence-electron chi connectivity index (χ4n) is 11.1. The average Bonchev–Trinajstić information content (AvgIpc) is 3.55. The topological polar surface area (TPSA) is 14.2 Å². The summed E-state index contributed by atoms with van der Waals surface area (Å²) in [6, 6.07) is 52.8. The molecule has 61 heavy (non-hydrogen) atoms. The molecule has 0 radical (unpaired) electrons. The number of benzene rings is 8. The van der Waals surface area contributed by atoms with E-state index < -0.39 is 0 Å². The summed E-state index contributed by atoms with van der Waals surface area (Å²) in [5, 5.41) is 2.55. The van der Waals surface area contributed by atoms with Crippen molar-refractivity contribution in [2.45, 2.75) is 67.7 Å². The fourth-order valence-corrected chi connectivity index (χ4v) is 11.1. The van der Waals surface area contributed by atoms with Crippen LogP contribution in [-0.2, 0) is 5.41 Å². The molecule has 9 aromatic rings. The van der Waals surface area contributed by atoms with E-state index in [-0.39, 0.29) is 12.1 Å². The molecule has 0 aliphatic carbocycles. The number of rotatable bonds is 4. The molecule has 0 saturated carbocycles. The van der Waals surface area contributed by atoms with Gasteiger partial charge in [0.15, 0.2) is 0 Å². The summed E-state index contributed by atoms with van der Waals surface area (Å²) in [6.45, 7) is 20.4. The molecule has 0 spiro atoms. The number of nitrogens with zero attached hydrogens (tertiary/aromatic N) is 1. The molecule has 0 saturated heterocycles. The van der Waals surface area contributed by atoms with Crippen LogP contribution >= 0.6 is 0 Å². The minimum Gasteiger partial charge on any atom is -0.458 e. The second-order valence-electron chi connectivity index (χ2n) is 18.9. The summed E-state index contributed by atoms with van der Waals surface area (Å²) in [4.78, 5) is 0. The normalized spacial score (nSPS) is 12.8. The van der Waals surface area contributed by atoms with Gasteiger partial charge in [0.1, 0.15) is 11.5 Å². The van der Waals surface area contributed by atoms with Crippen LogP contribution in [0.5, 0.6) is 11.5 Å². The molecular formula is C58H50BNO.